The first-order valence-electron chi connectivity index (χ1n) is 8.43. The van der Waals surface area contributed by atoms with Gasteiger partial charge in [-0.15, -0.1) is 0 Å². The van der Waals surface area contributed by atoms with E-state index in [2.05, 4.69) is 55.0 Å². The zero-order valence-corrected chi connectivity index (χ0v) is 14.2. The summed E-state index contributed by atoms with van der Waals surface area (Å²) in [5.74, 6) is 0.940. The Morgan fingerprint density at radius 3 is 2.62 bits per heavy atom. The predicted octanol–water partition coefficient (Wildman–Crippen LogP) is 3.99. The largest absolute Gasteiger partial charge is 0.371 e. The predicted molar refractivity (Wildman–Crippen MR) is 90.7 cm³/mol. The van der Waals surface area contributed by atoms with Crippen molar-refractivity contribution in [1.82, 2.24) is 10.3 Å². The lowest BCUT2D eigenvalue weighted by atomic mass is 9.92. The fourth-order valence-corrected chi connectivity index (χ4v) is 3.00. The van der Waals surface area contributed by atoms with Crippen molar-refractivity contribution in [2.24, 2.45) is 5.92 Å². The molecule has 0 amide bonds. The fraction of sp³-hybridized carbons (Fsp3) is 0.722. The lowest BCUT2D eigenvalue weighted by Crippen LogP contribution is -2.36. The standard InChI is InChI=1S/C18H31N3/c1-5-6-15-8-11-21(12-9-15)17-7-10-19-16(13-17)14-20-18(2,3)4/h7,10,13,15,20H,5-6,8-9,11-12,14H2,1-4H3. The summed E-state index contributed by atoms with van der Waals surface area (Å²) in [6.07, 6.45) is 7.35. The molecule has 1 saturated heterocycles. The van der Waals surface area contributed by atoms with Gasteiger partial charge in [-0.1, -0.05) is 19.8 Å². The molecule has 1 N–H and O–H groups in total. The number of nitrogens with one attached hydrogen (secondary N) is 1. The molecule has 0 unspecified atom stereocenters. The molecule has 0 aliphatic carbocycles. The van der Waals surface area contributed by atoms with Gasteiger partial charge in [-0.2, -0.15) is 0 Å². The first-order chi connectivity index (χ1) is 9.98. The van der Waals surface area contributed by atoms with E-state index in [1.807, 2.05) is 6.20 Å². The molecule has 2 rings (SSSR count). The molecule has 0 aromatic carbocycles. The van der Waals surface area contributed by atoms with Crippen molar-refractivity contribution >= 4 is 5.69 Å². The zero-order chi connectivity index (χ0) is 15.3. The van der Waals surface area contributed by atoms with Crippen molar-refractivity contribution in [2.45, 2.75) is 65.5 Å². The Morgan fingerprint density at radius 2 is 2.00 bits per heavy atom. The normalized spacial score (nSPS) is 17.2. The van der Waals surface area contributed by atoms with E-state index >= 15 is 0 Å². The second-order valence-corrected chi connectivity index (χ2v) is 7.33. The third-order valence-corrected chi connectivity index (χ3v) is 4.28. The van der Waals surface area contributed by atoms with Crippen molar-refractivity contribution in [3.63, 3.8) is 0 Å². The van der Waals surface area contributed by atoms with Gasteiger partial charge in [0.05, 0.1) is 5.69 Å². The van der Waals surface area contributed by atoms with Crippen LogP contribution in [0.25, 0.3) is 0 Å². The van der Waals surface area contributed by atoms with E-state index in [1.54, 1.807) is 0 Å². The summed E-state index contributed by atoms with van der Waals surface area (Å²) in [4.78, 5) is 7.01. The molecule has 1 aromatic rings. The maximum Gasteiger partial charge on any atom is 0.0562 e. The van der Waals surface area contributed by atoms with Gasteiger partial charge >= 0.3 is 0 Å². The van der Waals surface area contributed by atoms with E-state index in [4.69, 9.17) is 0 Å². The maximum atomic E-state index is 4.49. The minimum atomic E-state index is 0.135. The van der Waals surface area contributed by atoms with Gasteiger partial charge in [0.25, 0.3) is 0 Å². The van der Waals surface area contributed by atoms with Crippen molar-refractivity contribution < 1.29 is 0 Å². The molecule has 0 bridgehead atoms. The van der Waals surface area contributed by atoms with Crippen LogP contribution < -0.4 is 10.2 Å². The Bertz CT molecular complexity index is 428. The van der Waals surface area contributed by atoms with Crippen LogP contribution >= 0.6 is 0 Å². The van der Waals surface area contributed by atoms with Gasteiger partial charge in [-0.3, -0.25) is 4.98 Å². The Morgan fingerprint density at radius 1 is 1.29 bits per heavy atom. The van der Waals surface area contributed by atoms with E-state index in [-0.39, 0.29) is 5.54 Å². The summed E-state index contributed by atoms with van der Waals surface area (Å²) in [6.45, 7) is 12.1. The third-order valence-electron chi connectivity index (χ3n) is 4.28. The van der Waals surface area contributed by atoms with Gasteiger partial charge < -0.3 is 10.2 Å². The fourth-order valence-electron chi connectivity index (χ4n) is 3.00. The molecule has 1 fully saturated rings. The Balaban J connectivity index is 1.92. The highest BCUT2D eigenvalue weighted by Gasteiger charge is 2.19. The van der Waals surface area contributed by atoms with Gasteiger partial charge in [0.2, 0.25) is 0 Å². The summed E-state index contributed by atoms with van der Waals surface area (Å²) < 4.78 is 0. The molecule has 1 aromatic heterocycles. The molecule has 1 aliphatic heterocycles. The van der Waals surface area contributed by atoms with Crippen LogP contribution in [0.3, 0.4) is 0 Å². The second kappa shape index (κ2) is 7.26. The first-order valence-corrected chi connectivity index (χ1v) is 8.43. The SMILES string of the molecule is CCCC1CCN(c2ccnc(CNC(C)(C)C)c2)CC1. The summed E-state index contributed by atoms with van der Waals surface area (Å²) in [5, 5.41) is 3.51. The summed E-state index contributed by atoms with van der Waals surface area (Å²) in [6, 6.07) is 4.40. The number of anilines is 1. The first kappa shape index (κ1) is 16.3. The zero-order valence-electron chi connectivity index (χ0n) is 14.2. The van der Waals surface area contributed by atoms with Crippen LogP contribution in [0.5, 0.6) is 0 Å². The number of hydrogen-bond donors (Lipinski definition) is 1. The molecule has 0 saturated carbocycles. The molecule has 0 spiro atoms. The van der Waals surface area contributed by atoms with Crippen LogP contribution in [-0.2, 0) is 6.54 Å². The minimum Gasteiger partial charge on any atom is -0.371 e. The number of piperidine rings is 1. The lowest BCUT2D eigenvalue weighted by molar-refractivity contribution is 0.378. The number of nitrogens with zero attached hydrogens (tertiary/aromatic N) is 2. The maximum absolute atomic E-state index is 4.49. The van der Waals surface area contributed by atoms with Crippen LogP contribution in [0.2, 0.25) is 0 Å². The summed E-state index contributed by atoms with van der Waals surface area (Å²) in [7, 11) is 0. The van der Waals surface area contributed by atoms with Gasteiger partial charge in [-0.05, 0) is 51.7 Å². The van der Waals surface area contributed by atoms with Crippen molar-refractivity contribution in [3.8, 4) is 0 Å². The monoisotopic (exact) mass is 289 g/mol. The lowest BCUT2D eigenvalue weighted by Gasteiger charge is -2.33. The van der Waals surface area contributed by atoms with Gasteiger partial charge in [-0.25, -0.2) is 0 Å². The smallest absolute Gasteiger partial charge is 0.0562 e. The minimum absolute atomic E-state index is 0.135. The Labute approximate surface area is 130 Å². The van der Waals surface area contributed by atoms with E-state index in [0.29, 0.717) is 0 Å². The van der Waals surface area contributed by atoms with Crippen LogP contribution in [0.1, 0.15) is 59.1 Å². The topological polar surface area (TPSA) is 28.2 Å². The molecule has 0 atom stereocenters. The van der Waals surface area contributed by atoms with E-state index in [0.717, 1.165) is 18.2 Å². The van der Waals surface area contributed by atoms with Crippen LogP contribution in [0.15, 0.2) is 18.3 Å². The van der Waals surface area contributed by atoms with Crippen LogP contribution in [0.4, 0.5) is 5.69 Å². The van der Waals surface area contributed by atoms with E-state index < -0.39 is 0 Å². The molecular formula is C18H31N3. The van der Waals surface area contributed by atoms with Gasteiger partial charge in [0, 0.05) is 37.1 Å². The average molecular weight is 289 g/mol. The molecule has 21 heavy (non-hydrogen) atoms. The molecule has 0 radical (unpaired) electrons. The highest BCUT2D eigenvalue weighted by molar-refractivity contribution is 5.46. The highest BCUT2D eigenvalue weighted by atomic mass is 15.1. The third kappa shape index (κ3) is 5.31. The number of pyridine rings is 1. The Hall–Kier alpha value is -1.09. The molecule has 3 nitrogen and oxygen atoms in total. The number of aromatic nitrogens is 1. The summed E-state index contributed by atoms with van der Waals surface area (Å²) in [5.41, 5.74) is 2.61. The van der Waals surface area contributed by atoms with E-state index in [9.17, 15) is 0 Å². The van der Waals surface area contributed by atoms with Crippen molar-refractivity contribution in [1.29, 1.82) is 0 Å². The highest BCUT2D eigenvalue weighted by Crippen LogP contribution is 2.26. The molecule has 118 valence electrons. The molecular weight excluding hydrogens is 258 g/mol. The molecule has 2 heterocycles. The number of hydrogen-bond acceptors (Lipinski definition) is 3. The number of rotatable bonds is 5. The average Bonchev–Trinajstić information content (AvgIpc) is 2.46. The van der Waals surface area contributed by atoms with Gasteiger partial charge in [0.1, 0.15) is 0 Å². The van der Waals surface area contributed by atoms with Crippen molar-refractivity contribution in [2.75, 3.05) is 18.0 Å². The molecule has 1 aliphatic rings. The molecule has 3 heteroatoms. The van der Waals surface area contributed by atoms with E-state index in [1.165, 1.54) is 44.5 Å². The van der Waals surface area contributed by atoms with Crippen LogP contribution in [-0.4, -0.2) is 23.6 Å². The second-order valence-electron chi connectivity index (χ2n) is 7.33. The van der Waals surface area contributed by atoms with Gasteiger partial charge in [0.15, 0.2) is 0 Å². The Kier molecular flexibility index (Phi) is 5.63. The summed E-state index contributed by atoms with van der Waals surface area (Å²) >= 11 is 0. The van der Waals surface area contributed by atoms with Crippen LogP contribution in [0, 0.1) is 5.92 Å². The van der Waals surface area contributed by atoms with Crippen molar-refractivity contribution in [3.05, 3.63) is 24.0 Å². The quantitative estimate of drug-likeness (QED) is 0.888.